The monoisotopic (exact) mass is 408 g/mol. The Labute approximate surface area is 178 Å². The highest BCUT2D eigenvalue weighted by molar-refractivity contribution is 5.95. The number of pyridine rings is 1. The van der Waals surface area contributed by atoms with Crippen LogP contribution in [0.25, 0.3) is 0 Å². The van der Waals surface area contributed by atoms with Gasteiger partial charge in [-0.1, -0.05) is 25.0 Å². The van der Waals surface area contributed by atoms with Crippen molar-refractivity contribution in [2.45, 2.75) is 64.1 Å². The summed E-state index contributed by atoms with van der Waals surface area (Å²) >= 11 is 0. The summed E-state index contributed by atoms with van der Waals surface area (Å²) in [6.45, 7) is 3.68. The van der Waals surface area contributed by atoms with Gasteiger partial charge in [-0.2, -0.15) is 0 Å². The van der Waals surface area contributed by atoms with Crippen molar-refractivity contribution in [3.8, 4) is 0 Å². The molecule has 1 aromatic heterocycles. The maximum absolute atomic E-state index is 12.7. The van der Waals surface area contributed by atoms with E-state index < -0.39 is 6.10 Å². The van der Waals surface area contributed by atoms with Crippen LogP contribution in [0.4, 0.5) is 11.5 Å². The van der Waals surface area contributed by atoms with Crippen molar-refractivity contribution in [2.75, 3.05) is 17.2 Å². The Kier molecular flexibility index (Phi) is 6.53. The molecule has 2 fully saturated rings. The van der Waals surface area contributed by atoms with E-state index in [4.69, 9.17) is 0 Å². The molecule has 6 heteroatoms. The van der Waals surface area contributed by atoms with E-state index in [1.807, 2.05) is 37.4 Å². The van der Waals surface area contributed by atoms with E-state index in [0.717, 1.165) is 60.8 Å². The highest BCUT2D eigenvalue weighted by Crippen LogP contribution is 2.28. The number of aryl methyl sites for hydroxylation is 1. The van der Waals surface area contributed by atoms with Gasteiger partial charge in [-0.15, -0.1) is 0 Å². The molecule has 1 amide bonds. The van der Waals surface area contributed by atoms with Crippen molar-refractivity contribution in [1.29, 1.82) is 0 Å². The number of aromatic nitrogens is 1. The number of benzene rings is 1. The lowest BCUT2D eigenvalue weighted by Gasteiger charge is -2.28. The molecule has 1 heterocycles. The van der Waals surface area contributed by atoms with Crippen LogP contribution in [0.15, 0.2) is 36.5 Å². The minimum absolute atomic E-state index is 0.128. The van der Waals surface area contributed by atoms with Crippen molar-refractivity contribution >= 4 is 17.4 Å². The second-order valence-electron chi connectivity index (χ2n) is 8.69. The summed E-state index contributed by atoms with van der Waals surface area (Å²) in [5.41, 5.74) is 3.72. The number of hydrogen-bond donors (Lipinski definition) is 4. The fraction of sp³-hybridized carbons (Fsp3) is 0.500. The molecule has 1 aromatic carbocycles. The highest BCUT2D eigenvalue weighted by Gasteiger charge is 2.25. The van der Waals surface area contributed by atoms with Crippen LogP contribution in [0.5, 0.6) is 0 Å². The molecule has 0 saturated heterocycles. The highest BCUT2D eigenvalue weighted by atomic mass is 16.3. The van der Waals surface area contributed by atoms with Gasteiger partial charge in [-0.25, -0.2) is 4.98 Å². The second kappa shape index (κ2) is 9.47. The minimum atomic E-state index is -0.444. The van der Waals surface area contributed by atoms with E-state index in [2.05, 4.69) is 27.0 Å². The van der Waals surface area contributed by atoms with Gasteiger partial charge in [0.1, 0.15) is 5.82 Å². The number of hydrogen-bond acceptors (Lipinski definition) is 5. The Morgan fingerprint density at radius 3 is 2.67 bits per heavy atom. The zero-order valence-corrected chi connectivity index (χ0v) is 17.7. The summed E-state index contributed by atoms with van der Waals surface area (Å²) in [5.74, 6) is 1.61. The summed E-state index contributed by atoms with van der Waals surface area (Å²) < 4.78 is 0. The van der Waals surface area contributed by atoms with Gasteiger partial charge in [0.05, 0.1) is 12.1 Å². The van der Waals surface area contributed by atoms with Crippen LogP contribution in [0.1, 0.15) is 60.0 Å². The van der Waals surface area contributed by atoms with Gasteiger partial charge in [0.2, 0.25) is 0 Å². The number of nitrogens with zero attached hydrogens (tertiary/aromatic N) is 1. The molecule has 2 aromatic rings. The Morgan fingerprint density at radius 2 is 1.93 bits per heavy atom. The number of rotatable bonds is 8. The molecule has 6 nitrogen and oxygen atoms in total. The third kappa shape index (κ3) is 5.51. The second-order valence-corrected chi connectivity index (χ2v) is 8.69. The van der Waals surface area contributed by atoms with Gasteiger partial charge in [0, 0.05) is 30.5 Å². The van der Waals surface area contributed by atoms with Gasteiger partial charge in [0.25, 0.3) is 5.91 Å². The maximum atomic E-state index is 12.7. The fourth-order valence-electron chi connectivity index (χ4n) is 3.89. The van der Waals surface area contributed by atoms with E-state index in [1.165, 1.54) is 12.8 Å². The summed E-state index contributed by atoms with van der Waals surface area (Å²) in [4.78, 5) is 17.2. The first-order valence-corrected chi connectivity index (χ1v) is 11.1. The van der Waals surface area contributed by atoms with Crippen molar-refractivity contribution in [1.82, 2.24) is 10.3 Å². The molecule has 0 spiro atoms. The van der Waals surface area contributed by atoms with Crippen LogP contribution in [0.2, 0.25) is 0 Å². The molecule has 0 radical (unpaired) electrons. The molecular weight excluding hydrogens is 376 g/mol. The fourth-order valence-corrected chi connectivity index (χ4v) is 3.89. The largest absolute Gasteiger partial charge is 0.391 e. The third-order valence-corrected chi connectivity index (χ3v) is 6.12. The van der Waals surface area contributed by atoms with E-state index in [-0.39, 0.29) is 11.9 Å². The van der Waals surface area contributed by atoms with Crippen molar-refractivity contribution in [3.63, 3.8) is 0 Å². The molecule has 2 saturated carbocycles. The van der Waals surface area contributed by atoms with Crippen molar-refractivity contribution < 1.29 is 9.90 Å². The normalized spacial score (nSPS) is 21.1. The molecule has 2 atom stereocenters. The SMILES string of the molecule is Cc1ccc(C(=O)N[C@H]2CCCC[C@@H]2O)cc1NCc1ccc(NCC2CC2)nc1. The Balaban J connectivity index is 1.33. The average molecular weight is 409 g/mol. The zero-order chi connectivity index (χ0) is 20.9. The lowest BCUT2D eigenvalue weighted by molar-refractivity contribution is 0.0717. The summed E-state index contributed by atoms with van der Waals surface area (Å²) in [6.07, 6.45) is 7.76. The third-order valence-electron chi connectivity index (χ3n) is 6.12. The summed E-state index contributed by atoms with van der Waals surface area (Å²) in [5, 5.41) is 19.9. The number of aliphatic hydroxyl groups is 1. The van der Waals surface area contributed by atoms with Crippen molar-refractivity contribution in [3.05, 3.63) is 53.2 Å². The molecule has 4 N–H and O–H groups in total. The van der Waals surface area contributed by atoms with Gasteiger partial charge >= 0.3 is 0 Å². The van der Waals surface area contributed by atoms with Gasteiger partial charge in [-0.05, 0) is 67.9 Å². The number of nitrogens with one attached hydrogen (secondary N) is 3. The standard InChI is InChI=1S/C24H32N4O2/c1-16-6-10-19(24(30)28-20-4-2-3-5-22(20)29)12-21(16)25-14-18-9-11-23(27-15-18)26-13-17-7-8-17/h6,9-12,15,17,20,22,25,29H,2-5,7-8,13-14H2,1H3,(H,26,27)(H,28,30)/t20-,22-/m0/s1. The lowest BCUT2D eigenvalue weighted by atomic mass is 9.92. The predicted molar refractivity (Wildman–Crippen MR) is 120 cm³/mol. The number of aliphatic hydroxyl groups excluding tert-OH is 1. The Bertz CT molecular complexity index is 864. The molecule has 2 aliphatic rings. The topological polar surface area (TPSA) is 86.3 Å². The van der Waals surface area contributed by atoms with Gasteiger partial charge in [-0.3, -0.25) is 4.79 Å². The summed E-state index contributed by atoms with van der Waals surface area (Å²) in [7, 11) is 0. The smallest absolute Gasteiger partial charge is 0.251 e. The number of amides is 1. The van der Waals surface area contributed by atoms with Crippen LogP contribution in [-0.4, -0.2) is 34.7 Å². The molecule has 0 bridgehead atoms. The minimum Gasteiger partial charge on any atom is -0.391 e. The molecule has 30 heavy (non-hydrogen) atoms. The number of carbonyl (C=O) groups is 1. The molecule has 0 aliphatic heterocycles. The van der Waals surface area contributed by atoms with Crippen LogP contribution in [0, 0.1) is 12.8 Å². The lowest BCUT2D eigenvalue weighted by Crippen LogP contribution is -2.45. The number of carbonyl (C=O) groups excluding carboxylic acids is 1. The van der Waals surface area contributed by atoms with Crippen LogP contribution in [0.3, 0.4) is 0 Å². The molecular formula is C24H32N4O2. The summed E-state index contributed by atoms with van der Waals surface area (Å²) in [6, 6.07) is 9.63. The number of anilines is 2. The van der Waals surface area contributed by atoms with Gasteiger partial charge in [0.15, 0.2) is 0 Å². The van der Waals surface area contributed by atoms with E-state index >= 15 is 0 Å². The zero-order valence-electron chi connectivity index (χ0n) is 17.7. The van der Waals surface area contributed by atoms with E-state index in [9.17, 15) is 9.90 Å². The Morgan fingerprint density at radius 1 is 1.10 bits per heavy atom. The predicted octanol–water partition coefficient (Wildman–Crippen LogP) is 3.86. The Hall–Kier alpha value is -2.60. The van der Waals surface area contributed by atoms with Crippen LogP contribution >= 0.6 is 0 Å². The quantitative estimate of drug-likeness (QED) is 0.533. The first kappa shape index (κ1) is 20.7. The molecule has 2 aliphatic carbocycles. The van der Waals surface area contributed by atoms with Gasteiger partial charge < -0.3 is 21.1 Å². The van der Waals surface area contributed by atoms with Crippen molar-refractivity contribution in [2.24, 2.45) is 5.92 Å². The maximum Gasteiger partial charge on any atom is 0.251 e. The first-order chi connectivity index (χ1) is 14.6. The van der Waals surface area contributed by atoms with Crippen LogP contribution in [-0.2, 0) is 6.54 Å². The first-order valence-electron chi connectivity index (χ1n) is 11.1. The molecule has 160 valence electrons. The molecule has 0 unspecified atom stereocenters. The van der Waals surface area contributed by atoms with Crippen LogP contribution < -0.4 is 16.0 Å². The van der Waals surface area contributed by atoms with E-state index in [1.54, 1.807) is 0 Å². The molecule has 4 rings (SSSR count). The average Bonchev–Trinajstić information content (AvgIpc) is 3.58. The van der Waals surface area contributed by atoms with E-state index in [0.29, 0.717) is 12.1 Å².